The predicted molar refractivity (Wildman–Crippen MR) is 118 cm³/mol. The minimum Gasteiger partial charge on any atom is -0.204 e. The van der Waals surface area contributed by atoms with Gasteiger partial charge in [-0.2, -0.15) is 0 Å². The maximum Gasteiger partial charge on any atom is 0.195 e. The SMILES string of the molecule is CCCCC[C@H]1CC[C@H](c2ccc(-c3ccc4c(F)c(F)c(F)cc4c3)cc2)CC1. The smallest absolute Gasteiger partial charge is 0.195 e. The van der Waals surface area contributed by atoms with Crippen LogP contribution in [0.5, 0.6) is 0 Å². The molecule has 0 aliphatic heterocycles. The summed E-state index contributed by atoms with van der Waals surface area (Å²) in [6, 6.07) is 14.6. The molecule has 4 rings (SSSR count). The van der Waals surface area contributed by atoms with Crippen LogP contribution in [-0.4, -0.2) is 0 Å². The van der Waals surface area contributed by atoms with Crippen molar-refractivity contribution in [2.75, 3.05) is 0 Å². The summed E-state index contributed by atoms with van der Waals surface area (Å²) in [7, 11) is 0. The second kappa shape index (κ2) is 9.24. The fourth-order valence-corrected chi connectivity index (χ4v) is 4.90. The Kier molecular flexibility index (Phi) is 6.46. The van der Waals surface area contributed by atoms with Crippen molar-refractivity contribution in [1.82, 2.24) is 0 Å². The van der Waals surface area contributed by atoms with E-state index >= 15 is 0 Å². The number of unbranched alkanes of at least 4 members (excludes halogenated alkanes) is 2. The van der Waals surface area contributed by atoms with E-state index in [9.17, 15) is 13.2 Å². The quantitative estimate of drug-likeness (QED) is 0.281. The zero-order valence-electron chi connectivity index (χ0n) is 17.6. The van der Waals surface area contributed by atoms with Crippen molar-refractivity contribution in [2.45, 2.75) is 64.2 Å². The molecule has 0 atom stereocenters. The third kappa shape index (κ3) is 4.40. The van der Waals surface area contributed by atoms with Gasteiger partial charge in [-0.3, -0.25) is 0 Å². The lowest BCUT2D eigenvalue weighted by molar-refractivity contribution is 0.303. The standard InChI is InChI=1S/C27H29F3/c1-2-3-4-5-18-6-8-19(9-7-18)20-10-12-21(13-11-20)22-14-15-24-23(16-22)17-25(28)27(30)26(24)29/h10-19H,2-9H2,1H3/t18-,19-. The van der Waals surface area contributed by atoms with Crippen LogP contribution in [0.4, 0.5) is 13.2 Å². The summed E-state index contributed by atoms with van der Waals surface area (Å²) in [6.07, 6.45) is 10.6. The van der Waals surface area contributed by atoms with Gasteiger partial charge in [0, 0.05) is 5.39 Å². The number of rotatable bonds is 6. The highest BCUT2D eigenvalue weighted by atomic mass is 19.2. The van der Waals surface area contributed by atoms with E-state index in [1.165, 1.54) is 63.0 Å². The first-order valence-electron chi connectivity index (χ1n) is 11.2. The van der Waals surface area contributed by atoms with Crippen molar-refractivity contribution < 1.29 is 13.2 Å². The Morgan fingerprint density at radius 3 is 2.17 bits per heavy atom. The number of benzene rings is 3. The van der Waals surface area contributed by atoms with Crippen LogP contribution in [0, 0.1) is 23.4 Å². The van der Waals surface area contributed by atoms with Gasteiger partial charge in [0.15, 0.2) is 17.5 Å². The van der Waals surface area contributed by atoms with Crippen molar-refractivity contribution >= 4 is 10.8 Å². The Labute approximate surface area is 177 Å². The van der Waals surface area contributed by atoms with E-state index < -0.39 is 17.5 Å². The van der Waals surface area contributed by atoms with E-state index in [0.29, 0.717) is 11.3 Å². The summed E-state index contributed by atoms with van der Waals surface area (Å²) in [5, 5.41) is 0.472. The predicted octanol–water partition coefficient (Wildman–Crippen LogP) is 8.78. The first-order valence-corrected chi connectivity index (χ1v) is 11.2. The molecule has 0 saturated heterocycles. The third-order valence-electron chi connectivity index (χ3n) is 6.75. The second-order valence-electron chi connectivity index (χ2n) is 8.76. The van der Waals surface area contributed by atoms with E-state index in [0.717, 1.165) is 23.1 Å². The highest BCUT2D eigenvalue weighted by Gasteiger charge is 2.22. The zero-order valence-corrected chi connectivity index (χ0v) is 17.6. The molecular weight excluding hydrogens is 381 g/mol. The minimum atomic E-state index is -1.42. The molecule has 3 heteroatoms. The second-order valence-corrected chi connectivity index (χ2v) is 8.76. The third-order valence-corrected chi connectivity index (χ3v) is 6.75. The zero-order chi connectivity index (χ0) is 21.1. The molecule has 1 saturated carbocycles. The molecule has 1 aliphatic rings. The van der Waals surface area contributed by atoms with Crippen LogP contribution in [-0.2, 0) is 0 Å². The lowest BCUT2D eigenvalue weighted by Gasteiger charge is -2.29. The Morgan fingerprint density at radius 2 is 1.47 bits per heavy atom. The van der Waals surface area contributed by atoms with Crippen molar-refractivity contribution in [1.29, 1.82) is 0 Å². The molecular formula is C27H29F3. The van der Waals surface area contributed by atoms with Crippen LogP contribution < -0.4 is 0 Å². The molecule has 0 nitrogen and oxygen atoms in total. The van der Waals surface area contributed by atoms with Crippen LogP contribution in [0.2, 0.25) is 0 Å². The number of halogens is 3. The van der Waals surface area contributed by atoms with Gasteiger partial charge < -0.3 is 0 Å². The van der Waals surface area contributed by atoms with Crippen molar-refractivity contribution in [2.24, 2.45) is 5.92 Å². The monoisotopic (exact) mass is 410 g/mol. The topological polar surface area (TPSA) is 0 Å². The van der Waals surface area contributed by atoms with Crippen LogP contribution in [0.1, 0.15) is 69.8 Å². The summed E-state index contributed by atoms with van der Waals surface area (Å²) in [4.78, 5) is 0. The molecule has 0 aromatic heterocycles. The van der Waals surface area contributed by atoms with Crippen LogP contribution in [0.3, 0.4) is 0 Å². The van der Waals surface area contributed by atoms with Crippen LogP contribution in [0.15, 0.2) is 48.5 Å². The van der Waals surface area contributed by atoms with E-state index in [4.69, 9.17) is 0 Å². The molecule has 0 heterocycles. The van der Waals surface area contributed by atoms with Crippen LogP contribution >= 0.6 is 0 Å². The molecule has 1 aliphatic carbocycles. The van der Waals surface area contributed by atoms with E-state index in [1.807, 2.05) is 0 Å². The Hall–Kier alpha value is -2.29. The first kappa shape index (κ1) is 21.0. The lowest BCUT2D eigenvalue weighted by atomic mass is 9.77. The summed E-state index contributed by atoms with van der Waals surface area (Å²) in [6.45, 7) is 2.26. The highest BCUT2D eigenvalue weighted by Crippen LogP contribution is 2.38. The van der Waals surface area contributed by atoms with Gasteiger partial charge in [-0.25, -0.2) is 13.2 Å². The van der Waals surface area contributed by atoms with Gasteiger partial charge in [-0.05, 0) is 71.7 Å². The summed E-state index contributed by atoms with van der Waals surface area (Å²) >= 11 is 0. The molecule has 0 unspecified atom stereocenters. The summed E-state index contributed by atoms with van der Waals surface area (Å²) in [5.41, 5.74) is 3.25. The van der Waals surface area contributed by atoms with Gasteiger partial charge >= 0.3 is 0 Å². The average molecular weight is 411 g/mol. The minimum absolute atomic E-state index is 0.102. The highest BCUT2D eigenvalue weighted by molar-refractivity contribution is 5.88. The van der Waals surface area contributed by atoms with E-state index in [-0.39, 0.29) is 5.39 Å². The van der Waals surface area contributed by atoms with Crippen molar-refractivity contribution in [3.05, 3.63) is 71.5 Å². The average Bonchev–Trinajstić information content (AvgIpc) is 2.78. The van der Waals surface area contributed by atoms with Gasteiger partial charge in [0.1, 0.15) is 0 Å². The normalized spacial score (nSPS) is 19.3. The molecule has 158 valence electrons. The van der Waals surface area contributed by atoms with Crippen molar-refractivity contribution in [3.63, 3.8) is 0 Å². The van der Waals surface area contributed by atoms with Gasteiger partial charge in [-0.15, -0.1) is 0 Å². The van der Waals surface area contributed by atoms with E-state index in [1.54, 1.807) is 12.1 Å². The molecule has 0 spiro atoms. The van der Waals surface area contributed by atoms with Crippen molar-refractivity contribution in [3.8, 4) is 11.1 Å². The number of hydrogen-bond acceptors (Lipinski definition) is 0. The molecule has 0 amide bonds. The van der Waals surface area contributed by atoms with Gasteiger partial charge in [0.05, 0.1) is 0 Å². The van der Waals surface area contributed by atoms with Gasteiger partial charge in [-0.1, -0.05) is 69.0 Å². The maximum atomic E-state index is 14.0. The molecule has 0 N–H and O–H groups in total. The molecule has 1 fully saturated rings. The first-order chi connectivity index (χ1) is 14.6. The summed E-state index contributed by atoms with van der Waals surface area (Å²) in [5.74, 6) is -2.17. The van der Waals surface area contributed by atoms with Gasteiger partial charge in [0.25, 0.3) is 0 Å². The van der Waals surface area contributed by atoms with Crippen LogP contribution in [0.25, 0.3) is 21.9 Å². The molecule has 30 heavy (non-hydrogen) atoms. The van der Waals surface area contributed by atoms with Gasteiger partial charge in [0.2, 0.25) is 0 Å². The fraction of sp³-hybridized carbons (Fsp3) is 0.407. The Morgan fingerprint density at radius 1 is 0.767 bits per heavy atom. The molecule has 3 aromatic rings. The number of fused-ring (bicyclic) bond motifs is 1. The summed E-state index contributed by atoms with van der Waals surface area (Å²) < 4.78 is 41.0. The van der Waals surface area contributed by atoms with E-state index in [2.05, 4.69) is 31.2 Å². The molecule has 0 radical (unpaired) electrons. The Balaban J connectivity index is 1.46. The largest absolute Gasteiger partial charge is 0.204 e. The molecule has 3 aromatic carbocycles. The lowest BCUT2D eigenvalue weighted by Crippen LogP contribution is -2.13. The Bertz CT molecular complexity index is 999. The number of hydrogen-bond donors (Lipinski definition) is 0. The molecule has 0 bridgehead atoms. The fourth-order valence-electron chi connectivity index (χ4n) is 4.90. The maximum absolute atomic E-state index is 14.0.